The lowest BCUT2D eigenvalue weighted by molar-refractivity contribution is -0.131. The molecule has 2 aromatic rings. The summed E-state index contributed by atoms with van der Waals surface area (Å²) in [4.78, 5) is 33.8. The molecule has 0 aliphatic carbocycles. The van der Waals surface area contributed by atoms with Crippen LogP contribution in [0.5, 0.6) is 0 Å². The van der Waals surface area contributed by atoms with E-state index in [-0.39, 0.29) is 23.8 Å². The van der Waals surface area contributed by atoms with Crippen molar-refractivity contribution in [1.82, 2.24) is 9.80 Å². The minimum absolute atomic E-state index is 0.0673. The largest absolute Gasteiger partial charge is 0.330 e. The molecule has 1 fully saturated rings. The SMILES string of the molecule is CCCCCCN1C(=O)C2C(=C1c1cccs1)C(=O)N(CCCCCC)C2c1cccs1. The topological polar surface area (TPSA) is 40.6 Å². The van der Waals surface area contributed by atoms with Gasteiger partial charge in [-0.15, -0.1) is 22.7 Å². The van der Waals surface area contributed by atoms with Crippen molar-refractivity contribution in [1.29, 1.82) is 0 Å². The number of rotatable bonds is 12. The highest BCUT2D eigenvalue weighted by molar-refractivity contribution is 7.11. The van der Waals surface area contributed by atoms with Crippen molar-refractivity contribution in [3.05, 3.63) is 50.4 Å². The number of amides is 2. The monoisotopic (exact) mass is 470 g/mol. The van der Waals surface area contributed by atoms with E-state index in [1.54, 1.807) is 22.7 Å². The lowest BCUT2D eigenvalue weighted by Gasteiger charge is -2.29. The molecule has 0 aromatic carbocycles. The van der Waals surface area contributed by atoms with Gasteiger partial charge in [-0.25, -0.2) is 0 Å². The highest BCUT2D eigenvalue weighted by Crippen LogP contribution is 2.52. The van der Waals surface area contributed by atoms with Crippen LogP contribution in [0.2, 0.25) is 0 Å². The Bertz CT molecular complexity index is 933. The number of hydrogen-bond acceptors (Lipinski definition) is 4. The first-order valence-electron chi connectivity index (χ1n) is 12.1. The van der Waals surface area contributed by atoms with Gasteiger partial charge in [0.15, 0.2) is 0 Å². The summed E-state index contributed by atoms with van der Waals surface area (Å²) in [6, 6.07) is 8.02. The van der Waals surface area contributed by atoms with Crippen molar-refractivity contribution in [2.24, 2.45) is 5.92 Å². The minimum Gasteiger partial charge on any atom is -0.330 e. The van der Waals surface area contributed by atoms with Crippen molar-refractivity contribution < 1.29 is 9.59 Å². The lowest BCUT2D eigenvalue weighted by Crippen LogP contribution is -2.36. The van der Waals surface area contributed by atoms with Gasteiger partial charge in [0.05, 0.1) is 28.1 Å². The van der Waals surface area contributed by atoms with Crippen LogP contribution >= 0.6 is 22.7 Å². The van der Waals surface area contributed by atoms with Crippen LogP contribution in [-0.2, 0) is 9.59 Å². The van der Waals surface area contributed by atoms with Gasteiger partial charge in [-0.1, -0.05) is 64.5 Å². The van der Waals surface area contributed by atoms with Crippen LogP contribution in [0.1, 0.15) is 81.0 Å². The smallest absolute Gasteiger partial charge is 0.253 e. The lowest BCUT2D eigenvalue weighted by atomic mass is 9.95. The molecular formula is C26H34N2O2S2. The molecule has 0 bridgehead atoms. The second kappa shape index (κ2) is 10.8. The molecule has 1 saturated heterocycles. The fraction of sp³-hybridized carbons (Fsp3) is 0.538. The fourth-order valence-electron chi connectivity index (χ4n) is 5.01. The fourth-order valence-corrected chi connectivity index (χ4v) is 6.67. The van der Waals surface area contributed by atoms with Crippen molar-refractivity contribution in [2.45, 2.75) is 71.3 Å². The summed E-state index contributed by atoms with van der Waals surface area (Å²) in [6.07, 6.45) is 8.91. The molecule has 6 heteroatoms. The Hall–Kier alpha value is -1.92. The first-order chi connectivity index (χ1) is 15.7. The van der Waals surface area contributed by atoms with Crippen LogP contribution in [0.25, 0.3) is 5.70 Å². The first-order valence-corrected chi connectivity index (χ1v) is 13.9. The first kappa shape index (κ1) is 23.2. The maximum atomic E-state index is 13.8. The molecule has 4 heterocycles. The van der Waals surface area contributed by atoms with Gasteiger partial charge in [-0.3, -0.25) is 9.59 Å². The molecule has 4 nitrogen and oxygen atoms in total. The van der Waals surface area contributed by atoms with Crippen LogP contribution in [-0.4, -0.2) is 34.7 Å². The van der Waals surface area contributed by atoms with E-state index in [0.717, 1.165) is 53.3 Å². The minimum atomic E-state index is -0.379. The molecule has 0 saturated carbocycles. The summed E-state index contributed by atoms with van der Waals surface area (Å²) in [6.45, 7) is 5.82. The van der Waals surface area contributed by atoms with E-state index in [0.29, 0.717) is 6.54 Å². The van der Waals surface area contributed by atoms with Crippen molar-refractivity contribution in [2.75, 3.05) is 13.1 Å². The molecule has 2 aliphatic heterocycles. The Balaban J connectivity index is 1.70. The van der Waals surface area contributed by atoms with Gasteiger partial charge in [-0.05, 0) is 35.7 Å². The normalized spacial score (nSPS) is 20.7. The third-order valence-corrected chi connectivity index (χ3v) is 8.41. The molecular weight excluding hydrogens is 436 g/mol. The van der Waals surface area contributed by atoms with Crippen LogP contribution in [0, 0.1) is 5.92 Å². The van der Waals surface area contributed by atoms with Gasteiger partial charge >= 0.3 is 0 Å². The summed E-state index contributed by atoms with van der Waals surface area (Å²) in [5.41, 5.74) is 1.62. The molecule has 2 amide bonds. The van der Waals surface area contributed by atoms with Crippen molar-refractivity contribution in [3.63, 3.8) is 0 Å². The zero-order chi connectivity index (χ0) is 22.5. The van der Waals surface area contributed by atoms with Gasteiger partial charge in [0.1, 0.15) is 0 Å². The Morgan fingerprint density at radius 2 is 1.53 bits per heavy atom. The summed E-state index contributed by atoms with van der Waals surface area (Å²) >= 11 is 3.29. The van der Waals surface area contributed by atoms with E-state index >= 15 is 0 Å². The second-order valence-electron chi connectivity index (χ2n) is 8.79. The number of hydrogen-bond donors (Lipinski definition) is 0. The average Bonchev–Trinajstić information content (AvgIpc) is 3.58. The number of carbonyl (C=O) groups is 2. The van der Waals surface area contributed by atoms with Gasteiger partial charge < -0.3 is 9.80 Å². The third kappa shape index (κ3) is 4.44. The third-order valence-electron chi connectivity index (χ3n) is 6.59. The Morgan fingerprint density at radius 3 is 2.16 bits per heavy atom. The molecule has 172 valence electrons. The van der Waals surface area contributed by atoms with Crippen LogP contribution in [0.15, 0.2) is 40.6 Å². The standard InChI is InChI=1S/C26H34N2O2S2/c1-3-5-7-9-15-27-23(19-13-11-17-31-19)21-22(25(27)29)24(20-14-12-18-32-20)28(26(21)30)16-10-8-6-4-2/h11-14,17-18,21,23H,3-10,15-16H2,1-2H3. The van der Waals surface area contributed by atoms with Gasteiger partial charge in [-0.2, -0.15) is 0 Å². The summed E-state index contributed by atoms with van der Waals surface area (Å²) in [5, 5.41) is 4.09. The van der Waals surface area contributed by atoms with E-state index in [4.69, 9.17) is 0 Å². The maximum Gasteiger partial charge on any atom is 0.253 e. The molecule has 32 heavy (non-hydrogen) atoms. The number of nitrogens with zero attached hydrogens (tertiary/aromatic N) is 2. The van der Waals surface area contributed by atoms with Crippen LogP contribution < -0.4 is 0 Å². The highest BCUT2D eigenvalue weighted by atomic mass is 32.1. The van der Waals surface area contributed by atoms with Crippen LogP contribution in [0.4, 0.5) is 0 Å². The summed E-state index contributed by atoms with van der Waals surface area (Å²) in [5.74, 6) is -0.198. The average molecular weight is 471 g/mol. The Labute approximate surface area is 199 Å². The number of unbranched alkanes of at least 4 members (excludes halogenated alkanes) is 6. The molecule has 2 aromatic heterocycles. The van der Waals surface area contributed by atoms with Gasteiger partial charge in [0.25, 0.3) is 5.91 Å². The molecule has 2 atom stereocenters. The van der Waals surface area contributed by atoms with E-state index in [2.05, 4.69) is 31.4 Å². The maximum absolute atomic E-state index is 13.8. The number of fused-ring (bicyclic) bond motifs is 1. The van der Waals surface area contributed by atoms with Crippen molar-refractivity contribution in [3.8, 4) is 0 Å². The summed E-state index contributed by atoms with van der Waals surface area (Å²) in [7, 11) is 0. The highest BCUT2D eigenvalue weighted by Gasteiger charge is 2.56. The Morgan fingerprint density at radius 1 is 0.844 bits per heavy atom. The Kier molecular flexibility index (Phi) is 7.84. The number of likely N-dealkylation sites (tertiary alicyclic amines) is 1. The van der Waals surface area contributed by atoms with Crippen molar-refractivity contribution >= 4 is 40.2 Å². The van der Waals surface area contributed by atoms with E-state index < -0.39 is 0 Å². The molecule has 4 rings (SSSR count). The zero-order valence-corrected chi connectivity index (χ0v) is 20.9. The van der Waals surface area contributed by atoms with Gasteiger partial charge in [0.2, 0.25) is 5.91 Å². The second-order valence-corrected chi connectivity index (χ2v) is 10.7. The molecule has 2 aliphatic rings. The molecule has 0 spiro atoms. The van der Waals surface area contributed by atoms with E-state index in [9.17, 15) is 9.59 Å². The predicted octanol–water partition coefficient (Wildman–Crippen LogP) is 6.72. The molecule has 2 unspecified atom stereocenters. The number of thiophene rings is 2. The molecule has 0 N–H and O–H groups in total. The van der Waals surface area contributed by atoms with E-state index in [1.807, 2.05) is 27.3 Å². The quantitative estimate of drug-likeness (QED) is 0.323. The van der Waals surface area contributed by atoms with Crippen LogP contribution in [0.3, 0.4) is 0 Å². The zero-order valence-electron chi connectivity index (χ0n) is 19.2. The van der Waals surface area contributed by atoms with Gasteiger partial charge in [0, 0.05) is 18.0 Å². The number of carbonyl (C=O) groups excluding carboxylic acids is 2. The predicted molar refractivity (Wildman–Crippen MR) is 133 cm³/mol. The molecule has 0 radical (unpaired) electrons. The summed E-state index contributed by atoms with van der Waals surface area (Å²) < 4.78 is 0. The van der Waals surface area contributed by atoms with E-state index in [1.165, 1.54) is 25.7 Å².